The first-order valence-electron chi connectivity index (χ1n) is 5.02. The van der Waals surface area contributed by atoms with Crippen molar-refractivity contribution in [2.75, 3.05) is 5.73 Å². The van der Waals surface area contributed by atoms with Crippen LogP contribution in [0.15, 0.2) is 18.7 Å². The minimum absolute atomic E-state index is 0.499. The molecule has 0 saturated heterocycles. The number of nitrogens with two attached hydrogens (primary N) is 1. The zero-order valence-corrected chi connectivity index (χ0v) is 9.65. The second kappa shape index (κ2) is 4.49. The monoisotopic (exact) mass is 237 g/mol. The number of nitrogen functional groups attached to an aromatic ring is 1. The van der Waals surface area contributed by atoms with E-state index in [0.717, 1.165) is 18.4 Å². The van der Waals surface area contributed by atoms with Gasteiger partial charge in [0, 0.05) is 5.56 Å². The van der Waals surface area contributed by atoms with E-state index < -0.39 is 0 Å². The number of halogens is 1. The number of anilines is 1. The van der Waals surface area contributed by atoms with E-state index in [4.69, 9.17) is 17.3 Å². The Morgan fingerprint density at radius 2 is 2.25 bits per heavy atom. The normalized spacial score (nSPS) is 10.6. The molecular weight excluding hydrogens is 226 g/mol. The fourth-order valence-corrected chi connectivity index (χ4v) is 1.66. The van der Waals surface area contributed by atoms with Crippen molar-refractivity contribution in [3.05, 3.63) is 29.3 Å². The van der Waals surface area contributed by atoms with Crippen molar-refractivity contribution >= 4 is 17.4 Å². The summed E-state index contributed by atoms with van der Waals surface area (Å²) in [5, 5.41) is 4.68. The highest BCUT2D eigenvalue weighted by Gasteiger charge is 2.10. The van der Waals surface area contributed by atoms with E-state index in [9.17, 15) is 0 Å². The summed E-state index contributed by atoms with van der Waals surface area (Å²) in [6, 6.07) is 0. The third kappa shape index (κ3) is 1.99. The van der Waals surface area contributed by atoms with Crippen LogP contribution in [0, 0.1) is 0 Å². The van der Waals surface area contributed by atoms with Crippen LogP contribution in [-0.4, -0.2) is 19.7 Å². The second-order valence-electron chi connectivity index (χ2n) is 3.41. The molecule has 0 spiro atoms. The number of hydrogen-bond donors (Lipinski definition) is 1. The highest BCUT2D eigenvalue weighted by molar-refractivity contribution is 6.30. The summed E-state index contributed by atoms with van der Waals surface area (Å²) in [5.41, 5.74) is 6.73. The van der Waals surface area contributed by atoms with Crippen molar-refractivity contribution in [3.8, 4) is 5.82 Å². The largest absolute Gasteiger partial charge is 0.383 e. The smallest absolute Gasteiger partial charge is 0.162 e. The lowest BCUT2D eigenvalue weighted by atomic mass is 10.1. The average Bonchev–Trinajstić information content (AvgIpc) is 2.68. The van der Waals surface area contributed by atoms with Gasteiger partial charge in [0.15, 0.2) is 5.82 Å². The molecule has 0 amide bonds. The van der Waals surface area contributed by atoms with Gasteiger partial charge >= 0.3 is 0 Å². The van der Waals surface area contributed by atoms with Crippen molar-refractivity contribution < 1.29 is 0 Å². The molecule has 2 N–H and O–H groups in total. The lowest BCUT2D eigenvalue weighted by molar-refractivity contribution is 0.801. The molecule has 0 aliphatic rings. The summed E-state index contributed by atoms with van der Waals surface area (Å²) in [6.45, 7) is 2.08. The van der Waals surface area contributed by atoms with Crippen molar-refractivity contribution in [2.45, 2.75) is 19.8 Å². The summed E-state index contributed by atoms with van der Waals surface area (Å²) in [6.07, 6.45) is 6.48. The minimum atomic E-state index is 0.499. The third-order valence-electron chi connectivity index (χ3n) is 2.22. The van der Waals surface area contributed by atoms with Crippen molar-refractivity contribution in [3.63, 3.8) is 0 Å². The van der Waals surface area contributed by atoms with Crippen molar-refractivity contribution in [1.29, 1.82) is 0 Å². The molecular formula is C10H12ClN5. The molecule has 6 heteroatoms. The maximum atomic E-state index is 5.83. The van der Waals surface area contributed by atoms with Crippen molar-refractivity contribution in [2.24, 2.45) is 0 Å². The Morgan fingerprint density at radius 3 is 2.88 bits per heavy atom. The van der Waals surface area contributed by atoms with Crippen LogP contribution in [0.25, 0.3) is 5.82 Å². The number of rotatable bonds is 3. The molecule has 5 nitrogen and oxygen atoms in total. The van der Waals surface area contributed by atoms with Gasteiger partial charge in [0.25, 0.3) is 0 Å². The van der Waals surface area contributed by atoms with Crippen LogP contribution in [0.2, 0.25) is 5.02 Å². The van der Waals surface area contributed by atoms with Gasteiger partial charge in [0.05, 0.1) is 17.4 Å². The molecule has 16 heavy (non-hydrogen) atoms. The standard InChI is InChI=1S/C10H12ClN5/c1-2-3-8-9(12)13-6-14-10(8)16-5-7(11)4-15-16/h4-6H,2-3H2,1H3,(H2,12,13,14). The second-order valence-corrected chi connectivity index (χ2v) is 3.85. The Morgan fingerprint density at radius 1 is 1.44 bits per heavy atom. The zero-order valence-electron chi connectivity index (χ0n) is 8.89. The van der Waals surface area contributed by atoms with E-state index >= 15 is 0 Å². The van der Waals surface area contributed by atoms with Crippen LogP contribution in [0.4, 0.5) is 5.82 Å². The van der Waals surface area contributed by atoms with Gasteiger partial charge in [-0.25, -0.2) is 14.6 Å². The molecule has 0 unspecified atom stereocenters. The Bertz CT molecular complexity index is 494. The molecule has 0 bridgehead atoms. The van der Waals surface area contributed by atoms with Crippen LogP contribution in [0.3, 0.4) is 0 Å². The summed E-state index contributed by atoms with van der Waals surface area (Å²) >= 11 is 5.82. The van der Waals surface area contributed by atoms with Gasteiger partial charge in [-0.2, -0.15) is 5.10 Å². The lowest BCUT2D eigenvalue weighted by Crippen LogP contribution is -2.08. The van der Waals surface area contributed by atoms with Crippen LogP contribution in [0.5, 0.6) is 0 Å². The maximum absolute atomic E-state index is 5.83. The van der Waals surface area contributed by atoms with Crippen molar-refractivity contribution in [1.82, 2.24) is 19.7 Å². The summed E-state index contributed by atoms with van der Waals surface area (Å²) < 4.78 is 1.62. The molecule has 84 valence electrons. The Hall–Kier alpha value is -1.62. The molecule has 0 saturated carbocycles. The lowest BCUT2D eigenvalue weighted by Gasteiger charge is -2.08. The fraction of sp³-hybridized carbons (Fsp3) is 0.300. The number of hydrogen-bond acceptors (Lipinski definition) is 4. The first kappa shape index (κ1) is 10.9. The summed E-state index contributed by atoms with van der Waals surface area (Å²) in [5.74, 6) is 1.19. The minimum Gasteiger partial charge on any atom is -0.383 e. The molecule has 0 fully saturated rings. The summed E-state index contributed by atoms with van der Waals surface area (Å²) in [7, 11) is 0. The van der Waals surface area contributed by atoms with Gasteiger partial charge in [0.1, 0.15) is 12.1 Å². The molecule has 0 atom stereocenters. The van der Waals surface area contributed by atoms with E-state index in [0.29, 0.717) is 16.7 Å². The highest BCUT2D eigenvalue weighted by atomic mass is 35.5. The van der Waals surface area contributed by atoms with Crippen LogP contribution in [0.1, 0.15) is 18.9 Å². The molecule has 0 aliphatic carbocycles. The van der Waals surface area contributed by atoms with Gasteiger partial charge in [-0.15, -0.1) is 0 Å². The predicted octanol–water partition coefficient (Wildman–Crippen LogP) is 1.85. The summed E-state index contributed by atoms with van der Waals surface area (Å²) in [4.78, 5) is 8.18. The predicted molar refractivity (Wildman–Crippen MR) is 62.6 cm³/mol. The number of nitrogens with zero attached hydrogens (tertiary/aromatic N) is 4. The van der Waals surface area contributed by atoms with Crippen LogP contribution in [-0.2, 0) is 6.42 Å². The third-order valence-corrected chi connectivity index (χ3v) is 2.42. The fourth-order valence-electron chi connectivity index (χ4n) is 1.52. The van der Waals surface area contributed by atoms with Gasteiger partial charge < -0.3 is 5.73 Å². The van der Waals surface area contributed by atoms with Crippen LogP contribution < -0.4 is 5.73 Å². The van der Waals surface area contributed by atoms with E-state index in [1.807, 2.05) is 0 Å². The maximum Gasteiger partial charge on any atom is 0.162 e. The molecule has 0 aromatic carbocycles. The van der Waals surface area contributed by atoms with Gasteiger partial charge in [0.2, 0.25) is 0 Å². The Kier molecular flexibility index (Phi) is 3.05. The quantitative estimate of drug-likeness (QED) is 0.885. The SMILES string of the molecule is CCCc1c(N)ncnc1-n1cc(Cl)cn1. The Labute approximate surface area is 98.3 Å². The Balaban J connectivity index is 2.51. The van der Waals surface area contributed by atoms with Gasteiger partial charge in [-0.05, 0) is 6.42 Å². The molecule has 2 heterocycles. The zero-order chi connectivity index (χ0) is 11.5. The average molecular weight is 238 g/mol. The molecule has 2 aromatic heterocycles. The van der Waals surface area contributed by atoms with Crippen LogP contribution >= 0.6 is 11.6 Å². The number of aromatic nitrogens is 4. The highest BCUT2D eigenvalue weighted by Crippen LogP contribution is 2.19. The first-order valence-corrected chi connectivity index (χ1v) is 5.40. The van der Waals surface area contributed by atoms with E-state index in [-0.39, 0.29) is 0 Å². The topological polar surface area (TPSA) is 69.6 Å². The van der Waals surface area contributed by atoms with Gasteiger partial charge in [-0.1, -0.05) is 24.9 Å². The molecule has 0 radical (unpaired) electrons. The van der Waals surface area contributed by atoms with E-state index in [1.54, 1.807) is 17.1 Å². The van der Waals surface area contributed by atoms with Gasteiger partial charge in [-0.3, -0.25) is 0 Å². The first-order chi connectivity index (χ1) is 7.72. The molecule has 2 aromatic rings. The van der Waals surface area contributed by atoms with E-state index in [2.05, 4.69) is 22.0 Å². The molecule has 2 rings (SSSR count). The van der Waals surface area contributed by atoms with E-state index in [1.165, 1.54) is 6.33 Å². The molecule has 0 aliphatic heterocycles.